The number of anilines is 3. The number of hydrogen-bond donors (Lipinski definition) is 2. The summed E-state index contributed by atoms with van der Waals surface area (Å²) < 4.78 is 0. The van der Waals surface area contributed by atoms with Crippen LogP contribution < -0.4 is 15.5 Å². The molecule has 1 heterocycles. The Labute approximate surface area is 170 Å². The molecule has 1 aliphatic rings. The van der Waals surface area contributed by atoms with Crippen molar-refractivity contribution in [1.82, 2.24) is 4.90 Å². The number of nitrogens with zero attached hydrogens (tertiary/aromatic N) is 2. The third-order valence-electron chi connectivity index (χ3n) is 4.54. The zero-order valence-electron chi connectivity index (χ0n) is 15.5. The second kappa shape index (κ2) is 8.59. The van der Waals surface area contributed by atoms with Crippen molar-refractivity contribution < 1.29 is 4.79 Å². The van der Waals surface area contributed by atoms with Crippen LogP contribution in [-0.4, -0.2) is 42.1 Å². The van der Waals surface area contributed by atoms with Crippen molar-refractivity contribution >= 4 is 51.9 Å². The molecular formula is C20H23ClN4OS. The molecular weight excluding hydrogens is 380 g/mol. The Morgan fingerprint density at radius 2 is 1.59 bits per heavy atom. The number of carbonyl (C=O) groups is 1. The summed E-state index contributed by atoms with van der Waals surface area (Å²) in [6.45, 7) is 7.08. The first-order valence-corrected chi connectivity index (χ1v) is 9.65. The van der Waals surface area contributed by atoms with Crippen molar-refractivity contribution in [1.29, 1.82) is 0 Å². The van der Waals surface area contributed by atoms with Gasteiger partial charge in [-0.05, 0) is 61.1 Å². The molecule has 27 heavy (non-hydrogen) atoms. The number of amides is 1. The second-order valence-corrected chi connectivity index (χ2v) is 7.42. The van der Waals surface area contributed by atoms with Gasteiger partial charge in [0, 0.05) is 55.2 Å². The molecule has 2 aromatic carbocycles. The van der Waals surface area contributed by atoms with Gasteiger partial charge in [0.25, 0.3) is 0 Å². The number of rotatable bonds is 3. The van der Waals surface area contributed by atoms with Crippen LogP contribution >= 0.6 is 23.8 Å². The normalized spacial score (nSPS) is 14.0. The van der Waals surface area contributed by atoms with Crippen molar-refractivity contribution in [3.63, 3.8) is 0 Å². The molecule has 0 unspecified atom stereocenters. The molecule has 1 aliphatic heterocycles. The SMILES string of the molecule is CC(=O)Nc1ccc(NC(=S)N2CCN(c3cc(Cl)ccc3C)CC2)cc1. The van der Waals surface area contributed by atoms with Crippen molar-refractivity contribution in [2.75, 3.05) is 41.7 Å². The molecule has 0 spiro atoms. The van der Waals surface area contributed by atoms with Gasteiger partial charge >= 0.3 is 0 Å². The summed E-state index contributed by atoms with van der Waals surface area (Å²) in [7, 11) is 0. The van der Waals surface area contributed by atoms with Gasteiger partial charge in [-0.25, -0.2) is 0 Å². The van der Waals surface area contributed by atoms with E-state index in [1.54, 1.807) is 0 Å². The lowest BCUT2D eigenvalue weighted by Crippen LogP contribution is -2.50. The minimum atomic E-state index is -0.0842. The molecule has 1 amide bonds. The predicted octanol–water partition coefficient (Wildman–Crippen LogP) is 4.13. The van der Waals surface area contributed by atoms with Crippen LogP contribution in [0.4, 0.5) is 17.1 Å². The maximum atomic E-state index is 11.1. The first kappa shape index (κ1) is 19.5. The molecule has 5 nitrogen and oxygen atoms in total. The topological polar surface area (TPSA) is 47.6 Å². The van der Waals surface area contributed by atoms with Crippen molar-refractivity contribution in [3.8, 4) is 0 Å². The number of halogens is 1. The Bertz CT molecular complexity index is 832. The van der Waals surface area contributed by atoms with E-state index in [0.717, 1.165) is 42.6 Å². The molecule has 0 aromatic heterocycles. The molecule has 0 radical (unpaired) electrons. The number of hydrogen-bond acceptors (Lipinski definition) is 3. The Kier molecular flexibility index (Phi) is 6.19. The van der Waals surface area contributed by atoms with Gasteiger partial charge in [-0.2, -0.15) is 0 Å². The number of piperazine rings is 1. The number of carbonyl (C=O) groups excluding carboxylic acids is 1. The molecule has 2 aromatic rings. The van der Waals surface area contributed by atoms with Gasteiger partial charge in [-0.3, -0.25) is 4.79 Å². The number of thiocarbonyl (C=S) groups is 1. The lowest BCUT2D eigenvalue weighted by atomic mass is 10.1. The summed E-state index contributed by atoms with van der Waals surface area (Å²) in [5.74, 6) is -0.0842. The molecule has 0 aliphatic carbocycles. The second-order valence-electron chi connectivity index (χ2n) is 6.59. The van der Waals surface area contributed by atoms with E-state index in [1.165, 1.54) is 18.2 Å². The van der Waals surface area contributed by atoms with Gasteiger partial charge < -0.3 is 20.4 Å². The van der Waals surface area contributed by atoms with E-state index < -0.39 is 0 Å². The monoisotopic (exact) mass is 402 g/mol. The fourth-order valence-electron chi connectivity index (χ4n) is 3.12. The van der Waals surface area contributed by atoms with Crippen LogP contribution in [0.2, 0.25) is 5.02 Å². The van der Waals surface area contributed by atoms with Gasteiger partial charge in [0.15, 0.2) is 5.11 Å². The molecule has 1 fully saturated rings. The van der Waals surface area contributed by atoms with E-state index in [-0.39, 0.29) is 5.91 Å². The average molecular weight is 403 g/mol. The lowest BCUT2D eigenvalue weighted by Gasteiger charge is -2.38. The minimum Gasteiger partial charge on any atom is -0.368 e. The minimum absolute atomic E-state index is 0.0842. The van der Waals surface area contributed by atoms with Crippen LogP contribution in [0, 0.1) is 6.92 Å². The summed E-state index contributed by atoms with van der Waals surface area (Å²) in [4.78, 5) is 15.6. The molecule has 7 heteroatoms. The molecule has 2 N–H and O–H groups in total. The maximum absolute atomic E-state index is 11.1. The Hall–Kier alpha value is -2.31. The summed E-state index contributed by atoms with van der Waals surface area (Å²) in [5, 5.41) is 7.50. The van der Waals surface area contributed by atoms with Crippen LogP contribution in [0.25, 0.3) is 0 Å². The summed E-state index contributed by atoms with van der Waals surface area (Å²) in [6, 6.07) is 13.5. The molecule has 0 saturated carbocycles. The van der Waals surface area contributed by atoms with E-state index in [2.05, 4.69) is 33.4 Å². The van der Waals surface area contributed by atoms with Crippen molar-refractivity contribution in [2.24, 2.45) is 0 Å². The van der Waals surface area contributed by atoms with Crippen LogP contribution in [0.3, 0.4) is 0 Å². The van der Waals surface area contributed by atoms with E-state index in [0.29, 0.717) is 5.11 Å². The fraction of sp³-hybridized carbons (Fsp3) is 0.300. The van der Waals surface area contributed by atoms with E-state index in [1.807, 2.05) is 36.4 Å². The van der Waals surface area contributed by atoms with Gasteiger partial charge in [0.1, 0.15) is 0 Å². The first-order chi connectivity index (χ1) is 12.9. The number of aryl methyl sites for hydroxylation is 1. The highest BCUT2D eigenvalue weighted by atomic mass is 35.5. The molecule has 0 atom stereocenters. The molecule has 3 rings (SSSR count). The average Bonchev–Trinajstić information content (AvgIpc) is 2.65. The highest BCUT2D eigenvalue weighted by Crippen LogP contribution is 2.25. The quantitative estimate of drug-likeness (QED) is 0.756. The fourth-order valence-corrected chi connectivity index (χ4v) is 3.58. The molecule has 0 bridgehead atoms. The van der Waals surface area contributed by atoms with E-state index in [4.69, 9.17) is 23.8 Å². The highest BCUT2D eigenvalue weighted by Gasteiger charge is 2.20. The highest BCUT2D eigenvalue weighted by molar-refractivity contribution is 7.80. The molecule has 1 saturated heterocycles. The van der Waals surface area contributed by atoms with Gasteiger partial charge in [-0.1, -0.05) is 17.7 Å². The Morgan fingerprint density at radius 1 is 1.00 bits per heavy atom. The Balaban J connectivity index is 1.55. The lowest BCUT2D eigenvalue weighted by molar-refractivity contribution is -0.114. The third kappa shape index (κ3) is 5.11. The number of nitrogens with one attached hydrogen (secondary N) is 2. The summed E-state index contributed by atoms with van der Waals surface area (Å²) in [5.41, 5.74) is 4.09. The van der Waals surface area contributed by atoms with Crippen molar-refractivity contribution in [3.05, 3.63) is 53.1 Å². The van der Waals surface area contributed by atoms with Crippen LogP contribution in [0.1, 0.15) is 12.5 Å². The molecule has 142 valence electrons. The van der Waals surface area contributed by atoms with Gasteiger partial charge in [0.05, 0.1) is 0 Å². The standard InChI is InChI=1S/C20H23ClN4OS/c1-14-3-4-16(21)13-19(14)24-9-11-25(12-10-24)20(27)23-18-7-5-17(6-8-18)22-15(2)26/h3-8,13H,9-12H2,1-2H3,(H,22,26)(H,23,27). The Morgan fingerprint density at radius 3 is 2.19 bits per heavy atom. The van der Waals surface area contributed by atoms with Crippen LogP contribution in [-0.2, 0) is 4.79 Å². The maximum Gasteiger partial charge on any atom is 0.221 e. The number of benzene rings is 2. The summed E-state index contributed by atoms with van der Waals surface area (Å²) in [6.07, 6.45) is 0. The predicted molar refractivity (Wildman–Crippen MR) is 117 cm³/mol. The van der Waals surface area contributed by atoms with E-state index in [9.17, 15) is 4.79 Å². The summed E-state index contributed by atoms with van der Waals surface area (Å²) >= 11 is 11.7. The van der Waals surface area contributed by atoms with Gasteiger partial charge in [0.2, 0.25) is 5.91 Å². The van der Waals surface area contributed by atoms with E-state index >= 15 is 0 Å². The zero-order chi connectivity index (χ0) is 19.4. The smallest absolute Gasteiger partial charge is 0.221 e. The van der Waals surface area contributed by atoms with Crippen LogP contribution in [0.15, 0.2) is 42.5 Å². The zero-order valence-corrected chi connectivity index (χ0v) is 17.0. The first-order valence-electron chi connectivity index (χ1n) is 8.87. The largest absolute Gasteiger partial charge is 0.368 e. The third-order valence-corrected chi connectivity index (χ3v) is 5.13. The van der Waals surface area contributed by atoms with Crippen LogP contribution in [0.5, 0.6) is 0 Å². The van der Waals surface area contributed by atoms with Crippen molar-refractivity contribution in [2.45, 2.75) is 13.8 Å². The van der Waals surface area contributed by atoms with Gasteiger partial charge in [-0.15, -0.1) is 0 Å².